The SMILES string of the molecule is COc1ccc(-n2ncc3c2CC(C)(C)CC3NCc2cnc(C)[nH]2)cc1. The molecule has 0 bridgehead atoms. The van der Waals surface area contributed by atoms with Gasteiger partial charge in [0.1, 0.15) is 11.6 Å². The number of imidazole rings is 1. The minimum absolute atomic E-state index is 0.207. The Balaban J connectivity index is 1.62. The Morgan fingerprint density at radius 3 is 2.70 bits per heavy atom. The summed E-state index contributed by atoms with van der Waals surface area (Å²) >= 11 is 0. The van der Waals surface area contributed by atoms with Crippen LogP contribution in [0, 0.1) is 12.3 Å². The molecule has 0 saturated heterocycles. The normalized spacial score (nSPS) is 18.3. The largest absolute Gasteiger partial charge is 0.497 e. The van der Waals surface area contributed by atoms with Crippen LogP contribution < -0.4 is 10.1 Å². The number of ether oxygens (including phenoxy) is 1. The van der Waals surface area contributed by atoms with Crippen molar-refractivity contribution in [2.45, 2.75) is 46.2 Å². The first-order chi connectivity index (χ1) is 12.9. The second-order valence-corrected chi connectivity index (χ2v) is 8.13. The minimum Gasteiger partial charge on any atom is -0.497 e. The summed E-state index contributed by atoms with van der Waals surface area (Å²) in [5.41, 5.74) is 4.97. The molecule has 6 heteroatoms. The van der Waals surface area contributed by atoms with Gasteiger partial charge in [-0.25, -0.2) is 9.67 Å². The van der Waals surface area contributed by atoms with Gasteiger partial charge >= 0.3 is 0 Å². The molecule has 1 atom stereocenters. The van der Waals surface area contributed by atoms with Gasteiger partial charge in [-0.2, -0.15) is 5.10 Å². The van der Waals surface area contributed by atoms with E-state index in [9.17, 15) is 0 Å². The molecule has 1 unspecified atom stereocenters. The number of nitrogens with one attached hydrogen (secondary N) is 2. The zero-order chi connectivity index (χ0) is 19.0. The maximum Gasteiger partial charge on any atom is 0.119 e. The zero-order valence-electron chi connectivity index (χ0n) is 16.4. The molecular formula is C21H27N5O. The van der Waals surface area contributed by atoms with E-state index in [1.165, 1.54) is 11.3 Å². The smallest absolute Gasteiger partial charge is 0.119 e. The van der Waals surface area contributed by atoms with Crippen LogP contribution in [0.2, 0.25) is 0 Å². The fourth-order valence-corrected chi connectivity index (χ4v) is 3.97. The van der Waals surface area contributed by atoms with Crippen molar-refractivity contribution >= 4 is 0 Å². The molecule has 1 aromatic carbocycles. The molecule has 142 valence electrons. The van der Waals surface area contributed by atoms with E-state index in [2.05, 4.69) is 45.9 Å². The third-order valence-electron chi connectivity index (χ3n) is 5.29. The van der Waals surface area contributed by atoms with E-state index in [1.807, 2.05) is 31.5 Å². The molecule has 0 radical (unpaired) electrons. The average molecular weight is 365 g/mol. The molecule has 0 amide bonds. The van der Waals surface area contributed by atoms with Crippen molar-refractivity contribution in [3.63, 3.8) is 0 Å². The maximum absolute atomic E-state index is 5.28. The number of hydrogen-bond donors (Lipinski definition) is 2. The summed E-state index contributed by atoms with van der Waals surface area (Å²) < 4.78 is 7.35. The number of aromatic amines is 1. The third kappa shape index (κ3) is 3.62. The number of methoxy groups -OCH3 is 1. The molecule has 2 heterocycles. The number of benzene rings is 1. The summed E-state index contributed by atoms with van der Waals surface area (Å²) in [4.78, 5) is 7.58. The van der Waals surface area contributed by atoms with Crippen molar-refractivity contribution in [2.24, 2.45) is 5.41 Å². The molecule has 4 rings (SSSR count). The molecule has 1 aliphatic carbocycles. The quantitative estimate of drug-likeness (QED) is 0.723. The zero-order valence-corrected chi connectivity index (χ0v) is 16.4. The van der Waals surface area contributed by atoms with Crippen molar-refractivity contribution in [1.29, 1.82) is 0 Å². The van der Waals surface area contributed by atoms with Gasteiger partial charge in [0, 0.05) is 35.7 Å². The summed E-state index contributed by atoms with van der Waals surface area (Å²) in [5, 5.41) is 8.42. The molecule has 0 spiro atoms. The fraction of sp³-hybridized carbons (Fsp3) is 0.429. The van der Waals surface area contributed by atoms with Gasteiger partial charge in [0.2, 0.25) is 0 Å². The predicted octanol–water partition coefficient (Wildman–Crippen LogP) is 3.72. The number of H-pyrrole nitrogens is 1. The van der Waals surface area contributed by atoms with Crippen LogP contribution in [0.4, 0.5) is 0 Å². The molecule has 27 heavy (non-hydrogen) atoms. The Kier molecular flexibility index (Phi) is 4.52. The third-order valence-corrected chi connectivity index (χ3v) is 5.29. The van der Waals surface area contributed by atoms with Gasteiger partial charge in [0.05, 0.1) is 19.0 Å². The average Bonchev–Trinajstić information content (AvgIpc) is 3.25. The van der Waals surface area contributed by atoms with Crippen LogP contribution in [0.3, 0.4) is 0 Å². The highest BCUT2D eigenvalue weighted by Crippen LogP contribution is 2.41. The first-order valence-corrected chi connectivity index (χ1v) is 9.40. The van der Waals surface area contributed by atoms with Crippen LogP contribution in [0.25, 0.3) is 5.69 Å². The molecular weight excluding hydrogens is 338 g/mol. The van der Waals surface area contributed by atoms with E-state index < -0.39 is 0 Å². The molecule has 2 N–H and O–H groups in total. The second-order valence-electron chi connectivity index (χ2n) is 8.13. The van der Waals surface area contributed by atoms with Gasteiger partial charge in [0.15, 0.2) is 0 Å². The summed E-state index contributed by atoms with van der Waals surface area (Å²) in [5.74, 6) is 1.80. The molecule has 2 aromatic heterocycles. The Labute approximate surface area is 160 Å². The molecule has 0 saturated carbocycles. The highest BCUT2D eigenvalue weighted by Gasteiger charge is 2.35. The van der Waals surface area contributed by atoms with E-state index in [0.717, 1.165) is 42.3 Å². The molecule has 3 aromatic rings. The van der Waals surface area contributed by atoms with Gasteiger partial charge in [-0.15, -0.1) is 0 Å². The van der Waals surface area contributed by atoms with Crippen molar-refractivity contribution in [3.8, 4) is 11.4 Å². The first-order valence-electron chi connectivity index (χ1n) is 9.40. The number of hydrogen-bond acceptors (Lipinski definition) is 4. The number of rotatable bonds is 5. The van der Waals surface area contributed by atoms with Crippen molar-refractivity contribution in [1.82, 2.24) is 25.1 Å². The first kappa shape index (κ1) is 17.8. The van der Waals surface area contributed by atoms with Gasteiger partial charge in [0.25, 0.3) is 0 Å². The van der Waals surface area contributed by atoms with Crippen LogP contribution in [0.1, 0.15) is 49.1 Å². The van der Waals surface area contributed by atoms with Crippen molar-refractivity contribution in [2.75, 3.05) is 7.11 Å². The Morgan fingerprint density at radius 2 is 2.04 bits per heavy atom. The van der Waals surface area contributed by atoms with Gasteiger partial charge in [-0.3, -0.25) is 0 Å². The molecule has 6 nitrogen and oxygen atoms in total. The highest BCUT2D eigenvalue weighted by atomic mass is 16.5. The lowest BCUT2D eigenvalue weighted by Crippen LogP contribution is -2.33. The van der Waals surface area contributed by atoms with E-state index in [-0.39, 0.29) is 11.5 Å². The number of nitrogens with zero attached hydrogens (tertiary/aromatic N) is 3. The van der Waals surface area contributed by atoms with E-state index >= 15 is 0 Å². The van der Waals surface area contributed by atoms with Crippen LogP contribution in [-0.2, 0) is 13.0 Å². The Bertz CT molecular complexity index is 922. The van der Waals surface area contributed by atoms with Crippen molar-refractivity contribution < 1.29 is 4.74 Å². The number of aryl methyl sites for hydroxylation is 1. The summed E-state index contributed by atoms with van der Waals surface area (Å²) in [7, 11) is 1.69. The van der Waals surface area contributed by atoms with E-state index in [0.29, 0.717) is 0 Å². The van der Waals surface area contributed by atoms with Gasteiger partial charge in [-0.1, -0.05) is 13.8 Å². The highest BCUT2D eigenvalue weighted by molar-refractivity contribution is 5.41. The van der Waals surface area contributed by atoms with Gasteiger partial charge in [-0.05, 0) is 49.4 Å². The van der Waals surface area contributed by atoms with Crippen LogP contribution in [-0.4, -0.2) is 26.9 Å². The summed E-state index contributed by atoms with van der Waals surface area (Å²) in [6, 6.07) is 8.35. The lowest BCUT2D eigenvalue weighted by molar-refractivity contribution is 0.252. The number of fused-ring (bicyclic) bond motifs is 1. The maximum atomic E-state index is 5.28. The predicted molar refractivity (Wildman–Crippen MR) is 105 cm³/mol. The Morgan fingerprint density at radius 1 is 1.26 bits per heavy atom. The monoisotopic (exact) mass is 365 g/mol. The number of aromatic nitrogens is 4. The fourth-order valence-electron chi connectivity index (χ4n) is 3.97. The lowest BCUT2D eigenvalue weighted by atomic mass is 9.74. The molecule has 0 aliphatic heterocycles. The van der Waals surface area contributed by atoms with Crippen LogP contribution >= 0.6 is 0 Å². The summed E-state index contributed by atoms with van der Waals surface area (Å²) in [6.45, 7) is 7.41. The summed E-state index contributed by atoms with van der Waals surface area (Å²) in [6.07, 6.45) is 6.01. The standard InChI is InChI=1S/C21H27N5O/c1-14-22-11-15(25-14)12-23-19-9-21(2,3)10-20-18(19)13-24-26(20)16-5-7-17(27-4)8-6-16/h5-8,11,13,19,23H,9-10,12H2,1-4H3,(H,22,25). The second kappa shape index (κ2) is 6.85. The van der Waals surface area contributed by atoms with Crippen LogP contribution in [0.5, 0.6) is 5.75 Å². The van der Waals surface area contributed by atoms with E-state index in [4.69, 9.17) is 9.84 Å². The van der Waals surface area contributed by atoms with Crippen molar-refractivity contribution in [3.05, 3.63) is 59.4 Å². The van der Waals surface area contributed by atoms with Crippen LogP contribution in [0.15, 0.2) is 36.7 Å². The minimum atomic E-state index is 0.207. The topological polar surface area (TPSA) is 67.8 Å². The molecule has 0 fully saturated rings. The van der Waals surface area contributed by atoms with Gasteiger partial charge < -0.3 is 15.0 Å². The van der Waals surface area contributed by atoms with E-state index in [1.54, 1.807) is 7.11 Å². The lowest BCUT2D eigenvalue weighted by Gasteiger charge is -2.36. The molecule has 1 aliphatic rings. The Hall–Kier alpha value is -2.60.